The van der Waals surface area contributed by atoms with Crippen LogP contribution in [-0.2, 0) is 0 Å². The second-order valence-electron chi connectivity index (χ2n) is 12.3. The van der Waals surface area contributed by atoms with Gasteiger partial charge in [-0.1, -0.05) is 97.1 Å². The van der Waals surface area contributed by atoms with Crippen LogP contribution in [0.25, 0.3) is 82.1 Å². The highest BCUT2D eigenvalue weighted by Crippen LogP contribution is 2.42. The Bertz CT molecular complexity index is 2900. The zero-order chi connectivity index (χ0) is 33.8. The van der Waals surface area contributed by atoms with Gasteiger partial charge in [0.2, 0.25) is 5.69 Å². The highest BCUT2D eigenvalue weighted by atomic mass is 15.0. The number of hydrogen-bond acceptors (Lipinski definition) is 2. The molecule has 0 radical (unpaired) electrons. The fourth-order valence-electron chi connectivity index (χ4n) is 7.42. The van der Waals surface area contributed by atoms with Crippen molar-refractivity contribution < 1.29 is 0 Å². The molecule has 0 aliphatic heterocycles. The molecule has 0 unspecified atom stereocenters. The maximum absolute atomic E-state index is 10.4. The first-order valence-electron chi connectivity index (χ1n) is 16.3. The molecule has 0 aliphatic carbocycles. The number of fused-ring (bicyclic) bond motifs is 6. The largest absolute Gasteiger partial charge is 0.318 e. The van der Waals surface area contributed by atoms with Crippen LogP contribution < -0.4 is 0 Å². The molecule has 7 aromatic carbocycles. The molecule has 0 amide bonds. The van der Waals surface area contributed by atoms with Crippen molar-refractivity contribution in [1.82, 2.24) is 9.13 Å². The Kier molecular flexibility index (Phi) is 6.56. The summed E-state index contributed by atoms with van der Waals surface area (Å²) in [5.41, 5.74) is 11.2. The topological polar surface area (TPSA) is 61.8 Å². The Balaban J connectivity index is 1.17. The first-order valence-corrected chi connectivity index (χ1v) is 16.3. The van der Waals surface area contributed by atoms with E-state index in [2.05, 4.69) is 86.8 Å². The van der Waals surface area contributed by atoms with Crippen LogP contribution >= 0.6 is 0 Å². The van der Waals surface area contributed by atoms with Crippen molar-refractivity contribution in [2.45, 2.75) is 0 Å². The van der Waals surface area contributed by atoms with Crippen LogP contribution in [0.5, 0.6) is 0 Å². The summed E-state index contributed by atoms with van der Waals surface area (Å²) in [5.74, 6) is 0. The predicted molar refractivity (Wildman–Crippen MR) is 202 cm³/mol. The minimum Gasteiger partial charge on any atom is -0.318 e. The zero-order valence-electron chi connectivity index (χ0n) is 26.7. The third-order valence-electron chi connectivity index (χ3n) is 9.63. The molecule has 230 valence electrons. The summed E-state index contributed by atoms with van der Waals surface area (Å²) >= 11 is 0. The van der Waals surface area contributed by atoms with Gasteiger partial charge in [-0.2, -0.15) is 10.5 Å². The van der Waals surface area contributed by atoms with Crippen LogP contribution in [0, 0.1) is 29.2 Å². The number of para-hydroxylation sites is 4. The van der Waals surface area contributed by atoms with E-state index < -0.39 is 0 Å². The quantitative estimate of drug-likeness (QED) is 0.181. The average molecular weight is 636 g/mol. The smallest absolute Gasteiger partial charge is 0.211 e. The van der Waals surface area contributed by atoms with Crippen LogP contribution in [0.3, 0.4) is 0 Å². The molecule has 0 saturated heterocycles. The van der Waals surface area contributed by atoms with E-state index in [-0.39, 0.29) is 0 Å². The third-order valence-corrected chi connectivity index (χ3v) is 9.63. The van der Waals surface area contributed by atoms with Crippen LogP contribution in [0.15, 0.2) is 152 Å². The molecule has 0 atom stereocenters. The summed E-state index contributed by atoms with van der Waals surface area (Å²) in [6, 6.07) is 55.4. The van der Waals surface area contributed by atoms with E-state index in [1.165, 1.54) is 0 Å². The summed E-state index contributed by atoms with van der Waals surface area (Å²) in [4.78, 5) is 3.96. The highest BCUT2D eigenvalue weighted by molar-refractivity contribution is 6.11. The normalized spacial score (nSPS) is 11.1. The van der Waals surface area contributed by atoms with Gasteiger partial charge in [-0.05, 0) is 76.9 Å². The van der Waals surface area contributed by atoms with Crippen LogP contribution in [-0.4, -0.2) is 9.13 Å². The van der Waals surface area contributed by atoms with E-state index in [1.54, 1.807) is 0 Å². The monoisotopic (exact) mass is 635 g/mol. The number of hydrogen-bond donors (Lipinski definition) is 0. The lowest BCUT2D eigenvalue weighted by molar-refractivity contribution is 1.18. The summed E-state index contributed by atoms with van der Waals surface area (Å²) in [5, 5.41) is 24.3. The van der Waals surface area contributed by atoms with E-state index in [9.17, 15) is 10.5 Å². The van der Waals surface area contributed by atoms with Crippen molar-refractivity contribution in [2.24, 2.45) is 0 Å². The molecule has 9 aromatic rings. The lowest BCUT2D eigenvalue weighted by atomic mass is 9.94. The number of rotatable bonds is 4. The van der Waals surface area contributed by atoms with E-state index >= 15 is 0 Å². The number of aromatic nitrogens is 2. The standard InChI is InChI=1S/C45H25N5/c1-48-40-13-8-12-35(45(40)50-42-15-6-2-9-36(42)37-10-3-7-16-43(37)50)31-20-23-34(32(26-31)28-47)30-18-21-33(22-19-30)49-41-14-5-4-11-38(41)39-25-29(27-46)17-24-44(39)49/h2-26H. The predicted octanol–water partition coefficient (Wildman–Crippen LogP) is 11.5. The van der Waals surface area contributed by atoms with E-state index in [0.717, 1.165) is 77.2 Å². The van der Waals surface area contributed by atoms with Crippen molar-refractivity contribution in [1.29, 1.82) is 10.5 Å². The summed E-state index contributed by atoms with van der Waals surface area (Å²) in [6.07, 6.45) is 0. The lowest BCUT2D eigenvalue weighted by Gasteiger charge is -2.17. The molecule has 50 heavy (non-hydrogen) atoms. The molecule has 0 fully saturated rings. The number of nitrogens with zero attached hydrogens (tertiary/aromatic N) is 5. The summed E-state index contributed by atoms with van der Waals surface area (Å²) < 4.78 is 4.40. The molecule has 0 N–H and O–H groups in total. The Morgan fingerprint density at radius 2 is 1.08 bits per heavy atom. The van der Waals surface area contributed by atoms with Crippen LogP contribution in [0.1, 0.15) is 11.1 Å². The van der Waals surface area contributed by atoms with Crippen molar-refractivity contribution >= 4 is 49.3 Å². The van der Waals surface area contributed by atoms with E-state index in [0.29, 0.717) is 16.8 Å². The van der Waals surface area contributed by atoms with Gasteiger partial charge in [0.25, 0.3) is 0 Å². The molecular weight excluding hydrogens is 611 g/mol. The number of benzene rings is 7. The Morgan fingerprint density at radius 3 is 1.72 bits per heavy atom. The SMILES string of the molecule is [C-]#[N+]c1cccc(-c2ccc(-c3ccc(-n4c5ccccc5c5cc(C#N)ccc54)cc3)c(C#N)c2)c1-n1c2ccccc2c2ccccc21. The molecule has 9 rings (SSSR count). The van der Waals surface area contributed by atoms with Crippen molar-refractivity contribution in [3.8, 4) is 45.8 Å². The van der Waals surface area contributed by atoms with Crippen molar-refractivity contribution in [2.75, 3.05) is 0 Å². The summed E-state index contributed by atoms with van der Waals surface area (Å²) in [6.45, 7) is 8.11. The third kappa shape index (κ3) is 4.31. The highest BCUT2D eigenvalue weighted by Gasteiger charge is 2.20. The second-order valence-corrected chi connectivity index (χ2v) is 12.3. The molecule has 0 spiro atoms. The molecule has 5 heteroatoms. The van der Waals surface area contributed by atoms with Gasteiger partial charge in [-0.15, -0.1) is 0 Å². The minimum absolute atomic E-state index is 0.543. The van der Waals surface area contributed by atoms with Gasteiger partial charge in [0.1, 0.15) is 0 Å². The molecule has 0 aliphatic rings. The second kappa shape index (κ2) is 11.4. The van der Waals surface area contributed by atoms with Crippen LogP contribution in [0.4, 0.5) is 5.69 Å². The molecule has 0 saturated carbocycles. The first-order chi connectivity index (χ1) is 24.7. The van der Waals surface area contributed by atoms with Gasteiger partial charge in [-0.25, -0.2) is 4.85 Å². The fraction of sp³-hybridized carbons (Fsp3) is 0. The number of nitriles is 2. The molecule has 2 aromatic heterocycles. The van der Waals surface area contributed by atoms with Gasteiger partial charge in [-0.3, -0.25) is 0 Å². The van der Waals surface area contributed by atoms with Gasteiger partial charge in [0, 0.05) is 27.2 Å². The summed E-state index contributed by atoms with van der Waals surface area (Å²) in [7, 11) is 0. The average Bonchev–Trinajstić information content (AvgIpc) is 3.70. The van der Waals surface area contributed by atoms with E-state index in [4.69, 9.17) is 6.57 Å². The maximum atomic E-state index is 10.4. The minimum atomic E-state index is 0.543. The van der Waals surface area contributed by atoms with Gasteiger partial charge in [0.05, 0.1) is 57.6 Å². The molecule has 2 heterocycles. The molecule has 5 nitrogen and oxygen atoms in total. The lowest BCUT2D eigenvalue weighted by Crippen LogP contribution is -1.98. The molecular formula is C45H25N5. The Labute approximate surface area is 288 Å². The van der Waals surface area contributed by atoms with Gasteiger partial charge < -0.3 is 9.13 Å². The fourth-order valence-corrected chi connectivity index (χ4v) is 7.42. The zero-order valence-corrected chi connectivity index (χ0v) is 26.7. The van der Waals surface area contributed by atoms with Crippen LogP contribution in [0.2, 0.25) is 0 Å². The maximum Gasteiger partial charge on any atom is 0.211 e. The van der Waals surface area contributed by atoms with Gasteiger partial charge in [0.15, 0.2) is 0 Å². The van der Waals surface area contributed by atoms with Crippen molar-refractivity contribution in [3.63, 3.8) is 0 Å². The van der Waals surface area contributed by atoms with E-state index in [1.807, 2.05) is 91.0 Å². The first kappa shape index (κ1) is 28.8. The Hall–Kier alpha value is -7.39. The Morgan fingerprint density at radius 1 is 0.480 bits per heavy atom. The molecule has 0 bridgehead atoms. The van der Waals surface area contributed by atoms with Gasteiger partial charge >= 0.3 is 0 Å². The van der Waals surface area contributed by atoms with Crippen molar-refractivity contribution in [3.05, 3.63) is 174 Å².